The van der Waals surface area contributed by atoms with Gasteiger partial charge < -0.3 is 19.6 Å². The van der Waals surface area contributed by atoms with Crippen LogP contribution >= 0.6 is 11.8 Å². The Bertz CT molecular complexity index is 791. The van der Waals surface area contributed by atoms with Crippen molar-refractivity contribution in [2.24, 2.45) is 11.8 Å². The molecule has 3 saturated heterocycles. The molecule has 0 radical (unpaired) electrons. The number of carbonyl (C=O) groups is 3. The zero-order chi connectivity index (χ0) is 25.1. The van der Waals surface area contributed by atoms with Gasteiger partial charge in [-0.2, -0.15) is 0 Å². The number of fused-ring (bicyclic) bond motifs is 1. The van der Waals surface area contributed by atoms with Crippen molar-refractivity contribution < 1.29 is 24.2 Å². The van der Waals surface area contributed by atoms with Crippen LogP contribution in [0.1, 0.15) is 72.6 Å². The van der Waals surface area contributed by atoms with Crippen LogP contribution in [0.4, 0.5) is 0 Å². The van der Waals surface area contributed by atoms with E-state index in [4.69, 9.17) is 4.74 Å². The first-order chi connectivity index (χ1) is 16.2. The molecule has 7 nitrogen and oxygen atoms in total. The minimum absolute atomic E-state index is 0.0277. The van der Waals surface area contributed by atoms with Crippen molar-refractivity contribution in [2.45, 2.75) is 94.2 Å². The minimum Gasteiger partial charge on any atom is -0.466 e. The molecule has 3 fully saturated rings. The van der Waals surface area contributed by atoms with Crippen molar-refractivity contribution in [3.8, 4) is 0 Å². The summed E-state index contributed by atoms with van der Waals surface area (Å²) in [6, 6.07) is -0.554. The molecule has 2 amide bonds. The van der Waals surface area contributed by atoms with E-state index in [1.165, 1.54) is 0 Å². The molecular formula is C26H42N2O5S. The summed E-state index contributed by atoms with van der Waals surface area (Å²) in [6.45, 7) is 13.2. The van der Waals surface area contributed by atoms with Crippen LogP contribution in [-0.2, 0) is 19.1 Å². The topological polar surface area (TPSA) is 87.2 Å². The second-order valence-electron chi connectivity index (χ2n) is 10.2. The quantitative estimate of drug-likeness (QED) is 0.240. The molecule has 3 unspecified atom stereocenters. The zero-order valence-corrected chi connectivity index (χ0v) is 22.1. The van der Waals surface area contributed by atoms with Crippen molar-refractivity contribution in [3.05, 3.63) is 12.7 Å². The van der Waals surface area contributed by atoms with Gasteiger partial charge in [0.1, 0.15) is 6.04 Å². The molecule has 34 heavy (non-hydrogen) atoms. The fraction of sp³-hybridized carbons (Fsp3) is 0.808. The average molecular weight is 495 g/mol. The monoisotopic (exact) mass is 494 g/mol. The Hall–Kier alpha value is -1.54. The number of esters is 1. The maximum Gasteiger partial charge on any atom is 0.311 e. The Kier molecular flexibility index (Phi) is 8.77. The number of thioether (sulfide) groups is 1. The first-order valence-corrected chi connectivity index (χ1v) is 13.7. The Balaban J connectivity index is 2.02. The smallest absolute Gasteiger partial charge is 0.311 e. The molecule has 1 spiro atoms. The molecular weight excluding hydrogens is 452 g/mol. The third-order valence-electron chi connectivity index (χ3n) is 7.96. The van der Waals surface area contributed by atoms with Crippen LogP contribution in [-0.4, -0.2) is 80.6 Å². The van der Waals surface area contributed by atoms with Gasteiger partial charge in [-0.25, -0.2) is 0 Å². The lowest BCUT2D eigenvalue weighted by atomic mass is 9.66. The highest BCUT2D eigenvalue weighted by Gasteiger charge is 2.77. The number of unbranched alkanes of at least 4 members (excludes halogenated alkanes) is 2. The molecule has 6 atom stereocenters. The van der Waals surface area contributed by atoms with E-state index in [1.54, 1.807) is 29.7 Å². The minimum atomic E-state index is -0.608. The van der Waals surface area contributed by atoms with Gasteiger partial charge in [0.25, 0.3) is 0 Å². The standard InChI is InChI=1S/C26H42N2O5S/c1-6-12-18(4)27(15-7-2)23(31)21-26-14-13-25(5,34-26)20(24(32)33-8-3)19(26)22(30)28(21)16-10-9-11-17-29/h7,18-21,29H,2,6,8-17H2,1,3-5H3/t18?,19-,20-,21?,25+,26?/m0/s1. The molecule has 1 N–H and O–H groups in total. The van der Waals surface area contributed by atoms with Crippen LogP contribution in [0.5, 0.6) is 0 Å². The second-order valence-corrected chi connectivity index (χ2v) is 12.1. The lowest BCUT2D eigenvalue weighted by Gasteiger charge is -2.39. The molecule has 2 bridgehead atoms. The van der Waals surface area contributed by atoms with Gasteiger partial charge in [0.2, 0.25) is 11.8 Å². The molecule has 8 heteroatoms. The van der Waals surface area contributed by atoms with Crippen molar-refractivity contribution in [1.29, 1.82) is 0 Å². The van der Waals surface area contributed by atoms with Crippen LogP contribution in [0.25, 0.3) is 0 Å². The summed E-state index contributed by atoms with van der Waals surface area (Å²) >= 11 is 1.69. The van der Waals surface area contributed by atoms with Crippen LogP contribution in [0.2, 0.25) is 0 Å². The summed E-state index contributed by atoms with van der Waals surface area (Å²) in [7, 11) is 0. The summed E-state index contributed by atoms with van der Waals surface area (Å²) in [6.07, 6.45) is 7.30. The van der Waals surface area contributed by atoms with Gasteiger partial charge >= 0.3 is 5.97 Å². The third kappa shape index (κ3) is 4.52. The molecule has 0 saturated carbocycles. The summed E-state index contributed by atoms with van der Waals surface area (Å²) in [4.78, 5) is 44.9. The summed E-state index contributed by atoms with van der Waals surface area (Å²) in [5, 5.41) is 9.18. The third-order valence-corrected chi connectivity index (χ3v) is 9.94. The Labute approximate surface area is 208 Å². The molecule has 3 rings (SSSR count). The summed E-state index contributed by atoms with van der Waals surface area (Å²) in [5.74, 6) is -1.49. The van der Waals surface area contributed by atoms with Crippen LogP contribution in [0.15, 0.2) is 12.7 Å². The highest BCUT2D eigenvalue weighted by Crippen LogP contribution is 2.71. The van der Waals surface area contributed by atoms with Crippen LogP contribution in [0.3, 0.4) is 0 Å². The lowest BCUT2D eigenvalue weighted by Crippen LogP contribution is -2.56. The number of nitrogens with zero attached hydrogens (tertiary/aromatic N) is 2. The van der Waals surface area contributed by atoms with E-state index >= 15 is 0 Å². The first kappa shape index (κ1) is 27.1. The normalized spacial score (nSPS) is 32.6. The van der Waals surface area contributed by atoms with Crippen LogP contribution in [0, 0.1) is 11.8 Å². The molecule has 0 aromatic rings. The van der Waals surface area contributed by atoms with Crippen LogP contribution < -0.4 is 0 Å². The van der Waals surface area contributed by atoms with E-state index in [1.807, 2.05) is 4.90 Å². The van der Waals surface area contributed by atoms with Crippen molar-refractivity contribution in [2.75, 3.05) is 26.3 Å². The first-order valence-electron chi connectivity index (χ1n) is 12.9. The highest BCUT2D eigenvalue weighted by molar-refractivity contribution is 8.02. The molecule has 3 heterocycles. The largest absolute Gasteiger partial charge is 0.466 e. The molecule has 3 aliphatic rings. The van der Waals surface area contributed by atoms with Gasteiger partial charge in [-0.05, 0) is 59.3 Å². The van der Waals surface area contributed by atoms with Crippen molar-refractivity contribution >= 4 is 29.5 Å². The molecule has 0 aromatic carbocycles. The SMILES string of the molecule is C=CCN(C(=O)C1N(CCCCCO)C(=O)[C@@H]2[C@@H](C(=O)OCC)[C@@]3(C)CCC12S3)C(C)CCC. The molecule has 192 valence electrons. The van der Waals surface area contributed by atoms with E-state index in [-0.39, 0.29) is 37.0 Å². The number of hydrogen-bond donors (Lipinski definition) is 1. The van der Waals surface area contributed by atoms with E-state index < -0.39 is 27.4 Å². The van der Waals surface area contributed by atoms with Gasteiger partial charge in [-0.1, -0.05) is 19.4 Å². The fourth-order valence-electron chi connectivity index (χ4n) is 6.46. The molecule has 0 aliphatic carbocycles. The number of likely N-dealkylation sites (tertiary alicyclic amines) is 1. The van der Waals surface area contributed by atoms with Crippen molar-refractivity contribution in [1.82, 2.24) is 9.80 Å². The number of aliphatic hydroxyl groups excluding tert-OH is 1. The maximum absolute atomic E-state index is 14.2. The summed E-state index contributed by atoms with van der Waals surface area (Å²) < 4.78 is 4.43. The van der Waals surface area contributed by atoms with E-state index in [0.29, 0.717) is 19.5 Å². The Morgan fingerprint density at radius 3 is 2.68 bits per heavy atom. The van der Waals surface area contributed by atoms with E-state index in [0.717, 1.165) is 38.5 Å². The number of carbonyl (C=O) groups excluding carboxylic acids is 3. The highest BCUT2D eigenvalue weighted by atomic mass is 32.2. The number of hydrogen-bond acceptors (Lipinski definition) is 6. The Morgan fingerprint density at radius 1 is 1.32 bits per heavy atom. The van der Waals surface area contributed by atoms with Crippen molar-refractivity contribution in [3.63, 3.8) is 0 Å². The zero-order valence-electron chi connectivity index (χ0n) is 21.3. The van der Waals surface area contributed by atoms with E-state index in [9.17, 15) is 19.5 Å². The predicted octanol–water partition coefficient (Wildman–Crippen LogP) is 3.40. The average Bonchev–Trinajstić information content (AvgIpc) is 3.36. The number of aliphatic hydroxyl groups is 1. The Morgan fingerprint density at radius 2 is 2.06 bits per heavy atom. The van der Waals surface area contributed by atoms with E-state index in [2.05, 4.69) is 27.4 Å². The lowest BCUT2D eigenvalue weighted by molar-refractivity contribution is -0.155. The van der Waals surface area contributed by atoms with Gasteiger partial charge in [0.05, 0.1) is 23.2 Å². The van der Waals surface area contributed by atoms with Gasteiger partial charge in [-0.15, -0.1) is 18.3 Å². The fourth-order valence-corrected chi connectivity index (χ4v) is 8.80. The molecule has 3 aliphatic heterocycles. The number of ether oxygens (including phenoxy) is 1. The van der Waals surface area contributed by atoms with Gasteiger partial charge in [0, 0.05) is 30.5 Å². The summed E-state index contributed by atoms with van der Waals surface area (Å²) in [5.41, 5.74) is 0. The second kappa shape index (κ2) is 11.0. The predicted molar refractivity (Wildman–Crippen MR) is 134 cm³/mol. The van der Waals surface area contributed by atoms with Gasteiger partial charge in [-0.3, -0.25) is 14.4 Å². The number of rotatable bonds is 13. The number of amides is 2. The van der Waals surface area contributed by atoms with Gasteiger partial charge in [0.15, 0.2) is 0 Å². The molecule has 0 aromatic heterocycles. The maximum atomic E-state index is 14.2.